The summed E-state index contributed by atoms with van der Waals surface area (Å²) in [6, 6.07) is -0.0296. The molecule has 1 aliphatic carbocycles. The van der Waals surface area contributed by atoms with Crippen LogP contribution in [0.4, 0.5) is 0 Å². The summed E-state index contributed by atoms with van der Waals surface area (Å²) in [6.45, 7) is 2.80. The van der Waals surface area contributed by atoms with Crippen LogP contribution in [0.5, 0.6) is 0 Å². The zero-order chi connectivity index (χ0) is 30.3. The lowest BCUT2D eigenvalue weighted by Crippen LogP contribution is -3.03. The summed E-state index contributed by atoms with van der Waals surface area (Å²) in [6.07, 6.45) is -12.4. The van der Waals surface area contributed by atoms with Crippen molar-refractivity contribution in [2.45, 2.75) is 125 Å². The molecule has 7 N–H and O–H groups in total. The number of piperidine rings is 1. The maximum Gasteiger partial charge on any atom is 0.303 e. The van der Waals surface area contributed by atoms with E-state index in [4.69, 9.17) is 37.9 Å². The van der Waals surface area contributed by atoms with Crippen LogP contribution in [0.3, 0.4) is 0 Å². The summed E-state index contributed by atoms with van der Waals surface area (Å²) in [5.41, 5.74) is 0. The highest BCUT2D eigenvalue weighted by molar-refractivity contribution is 5.66. The first-order valence-corrected chi connectivity index (χ1v) is 14.7. The van der Waals surface area contributed by atoms with E-state index in [1.807, 2.05) is 0 Å². The second-order valence-corrected chi connectivity index (χ2v) is 11.9. The molecule has 5 aliphatic rings. The third-order valence-corrected chi connectivity index (χ3v) is 9.52. The normalized spacial score (nSPS) is 51.0. The van der Waals surface area contributed by atoms with E-state index < -0.39 is 80.1 Å². The van der Waals surface area contributed by atoms with E-state index in [1.54, 1.807) is 21.1 Å². The molecular formula is C27H46NO14+. The van der Waals surface area contributed by atoms with Crippen molar-refractivity contribution in [1.29, 1.82) is 0 Å². The van der Waals surface area contributed by atoms with Gasteiger partial charge < -0.3 is 68.7 Å². The number of aliphatic hydroxyl groups is 5. The van der Waals surface area contributed by atoms with Gasteiger partial charge in [0.25, 0.3) is 0 Å². The van der Waals surface area contributed by atoms with Gasteiger partial charge in [0.15, 0.2) is 24.9 Å². The number of fused-ring (bicyclic) bond motifs is 2. The molecule has 7 unspecified atom stereocenters. The lowest BCUT2D eigenvalue weighted by atomic mass is 9.70. The van der Waals surface area contributed by atoms with Crippen LogP contribution in [-0.4, -0.2) is 151 Å². The molecule has 0 radical (unpaired) electrons. The molecule has 1 saturated carbocycles. The van der Waals surface area contributed by atoms with Gasteiger partial charge in [-0.2, -0.15) is 0 Å². The summed E-state index contributed by atoms with van der Waals surface area (Å²) < 4.78 is 47.4. The topological polar surface area (TPSA) is 209 Å². The smallest absolute Gasteiger partial charge is 0.303 e. The maximum absolute atomic E-state index is 12.2. The Labute approximate surface area is 244 Å². The van der Waals surface area contributed by atoms with Crippen molar-refractivity contribution in [3.05, 3.63) is 0 Å². The van der Waals surface area contributed by atoms with Crippen molar-refractivity contribution in [2.24, 2.45) is 11.8 Å². The molecule has 0 amide bonds. The monoisotopic (exact) mass is 608 g/mol. The summed E-state index contributed by atoms with van der Waals surface area (Å²) in [5, 5.41) is 53.7. The standard InChI is InChI=1S/C27H45NO14/c1-10-17(31)23(42-26-20(34)19(33)18(32)15(9-29)41-26)24(39-11(2)30)27(38-10)40-14-6-5-12-16(22(14)36-4)28-25-13(7-8-37-25)21(12)35-3/h10,12-29,31-34H,5-9H2,1-4H3/p+1/t10-,12?,13?,14?,15-,16?,17+,18-,19+,20-,21?,22?,23-,24-,25?,26-,27+/m1/s1. The third kappa shape index (κ3) is 6.09. The molecule has 15 heteroatoms. The molecule has 0 aromatic heterocycles. The predicted molar refractivity (Wildman–Crippen MR) is 137 cm³/mol. The van der Waals surface area contributed by atoms with Gasteiger partial charge in [0, 0.05) is 27.1 Å². The summed E-state index contributed by atoms with van der Waals surface area (Å²) in [7, 11) is 3.35. The van der Waals surface area contributed by atoms with E-state index in [0.29, 0.717) is 18.9 Å². The molecule has 42 heavy (non-hydrogen) atoms. The Morgan fingerprint density at radius 1 is 0.833 bits per heavy atom. The average Bonchev–Trinajstić information content (AvgIpc) is 3.44. The minimum Gasteiger partial charge on any atom is -0.454 e. The predicted octanol–water partition coefficient (Wildman–Crippen LogP) is -3.66. The Balaban J connectivity index is 1.35. The Bertz CT molecular complexity index is 912. The summed E-state index contributed by atoms with van der Waals surface area (Å²) in [4.78, 5) is 12.2. The van der Waals surface area contributed by atoms with Crippen molar-refractivity contribution in [2.75, 3.05) is 27.4 Å². The van der Waals surface area contributed by atoms with Crippen molar-refractivity contribution >= 4 is 5.97 Å². The zero-order valence-electron chi connectivity index (χ0n) is 24.3. The fourth-order valence-electron chi connectivity index (χ4n) is 7.43. The van der Waals surface area contributed by atoms with Gasteiger partial charge in [0.05, 0.1) is 37.4 Å². The highest BCUT2D eigenvalue weighted by atomic mass is 16.8. The molecule has 0 spiro atoms. The Morgan fingerprint density at radius 3 is 2.24 bits per heavy atom. The number of hydrogen-bond donors (Lipinski definition) is 6. The second kappa shape index (κ2) is 13.5. The Hall–Kier alpha value is -1.05. The number of carbonyl (C=O) groups excluding carboxylic acids is 1. The molecule has 17 atom stereocenters. The van der Waals surface area contributed by atoms with Crippen molar-refractivity contribution in [3.63, 3.8) is 0 Å². The second-order valence-electron chi connectivity index (χ2n) is 11.9. The molecule has 0 aromatic carbocycles. The number of aliphatic hydroxyl groups excluding tert-OH is 5. The number of hydrogen-bond acceptors (Lipinski definition) is 14. The molecule has 4 saturated heterocycles. The van der Waals surface area contributed by atoms with E-state index in [0.717, 1.165) is 12.8 Å². The lowest BCUT2D eigenvalue weighted by Gasteiger charge is -2.50. The van der Waals surface area contributed by atoms with Gasteiger partial charge >= 0.3 is 5.97 Å². The average molecular weight is 609 g/mol. The maximum atomic E-state index is 12.2. The van der Waals surface area contributed by atoms with E-state index >= 15 is 0 Å². The van der Waals surface area contributed by atoms with Gasteiger partial charge in [-0.15, -0.1) is 0 Å². The van der Waals surface area contributed by atoms with Crippen LogP contribution in [0.15, 0.2) is 0 Å². The molecular weight excluding hydrogens is 562 g/mol. The number of nitrogens with two attached hydrogens (primary N) is 1. The number of methoxy groups -OCH3 is 2. The molecule has 5 rings (SSSR count). The zero-order valence-corrected chi connectivity index (χ0v) is 24.3. The molecule has 0 aromatic rings. The number of rotatable bonds is 8. The van der Waals surface area contributed by atoms with Crippen LogP contribution in [0, 0.1) is 11.8 Å². The van der Waals surface area contributed by atoms with E-state index in [-0.39, 0.29) is 30.4 Å². The SMILES string of the molecule is COC1C2CCOC2[NH2+]C2C1CCC(O[C@@H]1O[C@H](C)[C@H](O)[C@@H](O[C@H]3O[C@H](CO)[C@@H](O)[C@H](O)[C@H]3O)[C@H]1OC(C)=O)C2OC. The van der Waals surface area contributed by atoms with E-state index in [9.17, 15) is 30.3 Å². The Kier molecular flexibility index (Phi) is 10.4. The first kappa shape index (κ1) is 32.3. The minimum absolute atomic E-state index is 0.0253. The van der Waals surface area contributed by atoms with Crippen LogP contribution >= 0.6 is 0 Å². The largest absolute Gasteiger partial charge is 0.454 e. The first-order chi connectivity index (χ1) is 20.1. The van der Waals surface area contributed by atoms with E-state index in [1.165, 1.54) is 6.92 Å². The Morgan fingerprint density at radius 2 is 1.57 bits per heavy atom. The lowest BCUT2D eigenvalue weighted by molar-refractivity contribution is -0.783. The number of esters is 1. The minimum atomic E-state index is -1.73. The van der Waals surface area contributed by atoms with Gasteiger partial charge in [-0.1, -0.05) is 0 Å². The first-order valence-electron chi connectivity index (χ1n) is 14.7. The van der Waals surface area contributed by atoms with E-state index in [2.05, 4.69) is 5.32 Å². The molecule has 242 valence electrons. The third-order valence-electron chi connectivity index (χ3n) is 9.52. The summed E-state index contributed by atoms with van der Waals surface area (Å²) >= 11 is 0. The van der Waals surface area contributed by atoms with Gasteiger partial charge in [-0.25, -0.2) is 0 Å². The highest BCUT2D eigenvalue weighted by Crippen LogP contribution is 2.40. The van der Waals surface area contributed by atoms with Gasteiger partial charge in [0.2, 0.25) is 0 Å². The van der Waals surface area contributed by atoms with Gasteiger partial charge in [-0.3, -0.25) is 4.79 Å². The number of carbonyl (C=O) groups is 1. The van der Waals surface area contributed by atoms with Crippen molar-refractivity contribution < 1.29 is 73.5 Å². The molecule has 5 fully saturated rings. The van der Waals surface area contributed by atoms with Crippen molar-refractivity contribution in [1.82, 2.24) is 0 Å². The molecule has 4 heterocycles. The van der Waals surface area contributed by atoms with Crippen LogP contribution < -0.4 is 5.32 Å². The molecule has 4 aliphatic heterocycles. The number of quaternary nitrogens is 1. The van der Waals surface area contributed by atoms with Crippen LogP contribution in [0.25, 0.3) is 0 Å². The fourth-order valence-corrected chi connectivity index (χ4v) is 7.43. The van der Waals surface area contributed by atoms with Gasteiger partial charge in [0.1, 0.15) is 48.8 Å². The molecule has 0 bridgehead atoms. The van der Waals surface area contributed by atoms with Crippen molar-refractivity contribution in [3.8, 4) is 0 Å². The van der Waals surface area contributed by atoms with Gasteiger partial charge in [-0.05, 0) is 26.2 Å². The summed E-state index contributed by atoms with van der Waals surface area (Å²) in [5.74, 6) is -0.187. The number of ether oxygens (including phenoxy) is 8. The van der Waals surface area contributed by atoms with Crippen LogP contribution in [-0.2, 0) is 42.7 Å². The highest BCUT2D eigenvalue weighted by Gasteiger charge is 2.58. The van der Waals surface area contributed by atoms with Crippen LogP contribution in [0.1, 0.15) is 33.1 Å². The van der Waals surface area contributed by atoms with Crippen LogP contribution in [0.2, 0.25) is 0 Å². The fraction of sp³-hybridized carbons (Fsp3) is 0.963. The molecule has 15 nitrogen and oxygen atoms in total. The quantitative estimate of drug-likeness (QED) is 0.147.